The minimum atomic E-state index is -0.795. The van der Waals surface area contributed by atoms with Crippen molar-refractivity contribution in [2.24, 2.45) is 5.41 Å². The molecule has 17 heavy (non-hydrogen) atoms. The van der Waals surface area contributed by atoms with Crippen LogP contribution >= 0.6 is 0 Å². The first-order chi connectivity index (χ1) is 8.22. The number of carbonyl (C=O) groups is 1. The Balaban J connectivity index is 1.95. The minimum absolute atomic E-state index is 0.183. The molecule has 0 unspecified atom stereocenters. The zero-order chi connectivity index (χ0) is 12.3. The Bertz CT molecular complexity index is 455. The van der Waals surface area contributed by atoms with Crippen molar-refractivity contribution < 1.29 is 4.79 Å². The largest absolute Gasteiger partial charge is 0.347 e. The van der Waals surface area contributed by atoms with Crippen molar-refractivity contribution in [3.8, 4) is 6.07 Å². The van der Waals surface area contributed by atoms with Gasteiger partial charge in [0.1, 0.15) is 11.7 Å². The Morgan fingerprint density at radius 1 is 1.71 bits per heavy atom. The quantitative estimate of drug-likeness (QED) is 0.825. The second-order valence-electron chi connectivity index (χ2n) is 4.26. The smallest absolute Gasteiger partial charge is 0.240 e. The van der Waals surface area contributed by atoms with E-state index in [9.17, 15) is 4.79 Å². The number of carbonyl (C=O) groups excluding carboxylic acids is 1. The van der Waals surface area contributed by atoms with E-state index in [1.54, 1.807) is 6.33 Å². The van der Waals surface area contributed by atoms with Gasteiger partial charge in [-0.25, -0.2) is 0 Å². The topological polar surface area (TPSA) is 83.6 Å². The zero-order valence-corrected chi connectivity index (χ0v) is 9.81. The normalized spacial score (nSPS) is 16.9. The van der Waals surface area contributed by atoms with Gasteiger partial charge in [-0.3, -0.25) is 4.79 Å². The molecule has 1 aromatic heterocycles. The second-order valence-corrected chi connectivity index (χ2v) is 4.26. The molecule has 90 valence electrons. The molecule has 1 aromatic rings. The highest BCUT2D eigenvalue weighted by molar-refractivity contribution is 5.86. The SMILES string of the molecule is CCn1cnnc1CNC(=O)C1(C#N)CCC1. The van der Waals surface area contributed by atoms with Crippen LogP contribution in [0, 0.1) is 16.7 Å². The molecular formula is C11H15N5O. The van der Waals surface area contributed by atoms with Gasteiger partial charge in [0.05, 0.1) is 12.6 Å². The fourth-order valence-corrected chi connectivity index (χ4v) is 1.93. The molecular weight excluding hydrogens is 218 g/mol. The Labute approximate surface area is 99.6 Å². The van der Waals surface area contributed by atoms with Gasteiger partial charge in [0, 0.05) is 6.54 Å². The number of nitrogens with one attached hydrogen (secondary N) is 1. The van der Waals surface area contributed by atoms with Crippen molar-refractivity contribution in [3.63, 3.8) is 0 Å². The van der Waals surface area contributed by atoms with E-state index in [2.05, 4.69) is 21.6 Å². The van der Waals surface area contributed by atoms with Gasteiger partial charge in [-0.15, -0.1) is 10.2 Å². The molecule has 0 radical (unpaired) electrons. The van der Waals surface area contributed by atoms with Crippen LogP contribution in [0.2, 0.25) is 0 Å². The molecule has 0 saturated heterocycles. The molecule has 0 atom stereocenters. The Hall–Kier alpha value is -1.90. The fourth-order valence-electron chi connectivity index (χ4n) is 1.93. The van der Waals surface area contributed by atoms with E-state index >= 15 is 0 Å². The lowest BCUT2D eigenvalue weighted by Crippen LogP contribution is -2.44. The molecule has 6 heteroatoms. The van der Waals surface area contributed by atoms with E-state index in [4.69, 9.17) is 5.26 Å². The molecule has 1 fully saturated rings. The van der Waals surface area contributed by atoms with Gasteiger partial charge in [-0.05, 0) is 26.2 Å². The maximum Gasteiger partial charge on any atom is 0.240 e. The van der Waals surface area contributed by atoms with E-state index in [1.165, 1.54) is 0 Å². The number of rotatable bonds is 4. The summed E-state index contributed by atoms with van der Waals surface area (Å²) in [6.07, 6.45) is 3.91. The van der Waals surface area contributed by atoms with Gasteiger partial charge in [0.2, 0.25) is 5.91 Å². The third-order valence-electron chi connectivity index (χ3n) is 3.30. The minimum Gasteiger partial charge on any atom is -0.347 e. The first kappa shape index (κ1) is 11.6. The number of nitrogens with zero attached hydrogens (tertiary/aromatic N) is 4. The molecule has 1 N–H and O–H groups in total. The van der Waals surface area contributed by atoms with Gasteiger partial charge >= 0.3 is 0 Å². The first-order valence-corrected chi connectivity index (χ1v) is 5.78. The molecule has 0 bridgehead atoms. The first-order valence-electron chi connectivity index (χ1n) is 5.78. The average molecular weight is 233 g/mol. The molecule has 0 spiro atoms. The third kappa shape index (κ3) is 2.00. The van der Waals surface area contributed by atoms with Crippen LogP contribution in [0.3, 0.4) is 0 Å². The van der Waals surface area contributed by atoms with Crippen molar-refractivity contribution in [1.82, 2.24) is 20.1 Å². The molecule has 1 heterocycles. The van der Waals surface area contributed by atoms with Gasteiger partial charge < -0.3 is 9.88 Å². The standard InChI is InChI=1S/C11H15N5O/c1-2-16-8-14-15-9(16)6-13-10(17)11(7-12)4-3-5-11/h8H,2-6H2,1H3,(H,13,17). The summed E-state index contributed by atoms with van der Waals surface area (Å²) in [5, 5.41) is 19.5. The molecule has 6 nitrogen and oxygen atoms in total. The van der Waals surface area contributed by atoms with Crippen LogP contribution in [-0.4, -0.2) is 20.7 Å². The maximum atomic E-state index is 11.9. The van der Waals surface area contributed by atoms with Gasteiger partial charge in [-0.1, -0.05) is 0 Å². The maximum absolute atomic E-state index is 11.9. The Kier molecular flexibility index (Phi) is 3.09. The monoisotopic (exact) mass is 233 g/mol. The van der Waals surface area contributed by atoms with Gasteiger partial charge in [-0.2, -0.15) is 5.26 Å². The Morgan fingerprint density at radius 3 is 3.00 bits per heavy atom. The summed E-state index contributed by atoms with van der Waals surface area (Å²) < 4.78 is 1.86. The summed E-state index contributed by atoms with van der Waals surface area (Å²) >= 11 is 0. The van der Waals surface area contributed by atoms with Crippen molar-refractivity contribution >= 4 is 5.91 Å². The Morgan fingerprint density at radius 2 is 2.47 bits per heavy atom. The van der Waals surface area contributed by atoms with Crippen LogP contribution in [0.25, 0.3) is 0 Å². The predicted molar refractivity (Wildman–Crippen MR) is 59.4 cm³/mol. The van der Waals surface area contributed by atoms with Crippen LogP contribution in [0.4, 0.5) is 0 Å². The summed E-state index contributed by atoms with van der Waals surface area (Å²) in [6.45, 7) is 3.08. The lowest BCUT2D eigenvalue weighted by atomic mass is 9.69. The number of nitriles is 1. The van der Waals surface area contributed by atoms with Crippen LogP contribution in [0.15, 0.2) is 6.33 Å². The van der Waals surface area contributed by atoms with Crippen LogP contribution < -0.4 is 5.32 Å². The molecule has 1 saturated carbocycles. The van der Waals surface area contributed by atoms with E-state index in [0.717, 1.165) is 13.0 Å². The summed E-state index contributed by atoms with van der Waals surface area (Å²) in [5.74, 6) is 0.533. The lowest BCUT2D eigenvalue weighted by Gasteiger charge is -2.33. The molecule has 1 amide bonds. The number of amides is 1. The second kappa shape index (κ2) is 4.53. The highest BCUT2D eigenvalue weighted by Gasteiger charge is 2.44. The average Bonchev–Trinajstić information content (AvgIpc) is 2.72. The van der Waals surface area contributed by atoms with Crippen molar-refractivity contribution in [2.45, 2.75) is 39.3 Å². The van der Waals surface area contributed by atoms with Gasteiger partial charge in [0.15, 0.2) is 5.82 Å². The number of aryl methyl sites for hydroxylation is 1. The molecule has 0 aliphatic heterocycles. The molecule has 1 aliphatic rings. The lowest BCUT2D eigenvalue weighted by molar-refractivity contribution is -0.131. The highest BCUT2D eigenvalue weighted by Crippen LogP contribution is 2.40. The van der Waals surface area contributed by atoms with Crippen LogP contribution in [0.5, 0.6) is 0 Å². The van der Waals surface area contributed by atoms with Crippen LogP contribution in [-0.2, 0) is 17.9 Å². The van der Waals surface area contributed by atoms with Crippen LogP contribution in [0.1, 0.15) is 32.0 Å². The summed E-state index contributed by atoms with van der Waals surface area (Å²) in [6, 6.07) is 2.12. The summed E-state index contributed by atoms with van der Waals surface area (Å²) in [4.78, 5) is 11.9. The molecule has 1 aliphatic carbocycles. The number of aromatic nitrogens is 3. The highest BCUT2D eigenvalue weighted by atomic mass is 16.2. The number of hydrogen-bond donors (Lipinski definition) is 1. The van der Waals surface area contributed by atoms with Crippen molar-refractivity contribution in [1.29, 1.82) is 5.26 Å². The van der Waals surface area contributed by atoms with Gasteiger partial charge in [0.25, 0.3) is 0 Å². The third-order valence-corrected chi connectivity index (χ3v) is 3.30. The molecule has 2 rings (SSSR count). The fraction of sp³-hybridized carbons (Fsp3) is 0.636. The van der Waals surface area contributed by atoms with E-state index in [-0.39, 0.29) is 5.91 Å². The van der Waals surface area contributed by atoms with E-state index < -0.39 is 5.41 Å². The summed E-state index contributed by atoms with van der Waals surface area (Å²) in [5.41, 5.74) is -0.795. The summed E-state index contributed by atoms with van der Waals surface area (Å²) in [7, 11) is 0. The van der Waals surface area contributed by atoms with E-state index in [0.29, 0.717) is 25.2 Å². The van der Waals surface area contributed by atoms with E-state index in [1.807, 2.05) is 11.5 Å². The predicted octanol–water partition coefficient (Wildman–Crippen LogP) is 0.608. The zero-order valence-electron chi connectivity index (χ0n) is 9.81. The van der Waals surface area contributed by atoms with Crippen molar-refractivity contribution in [2.75, 3.05) is 0 Å². The van der Waals surface area contributed by atoms with Crippen molar-refractivity contribution in [3.05, 3.63) is 12.2 Å². The number of hydrogen-bond acceptors (Lipinski definition) is 4. The molecule has 0 aromatic carbocycles.